The Hall–Kier alpha value is -2.72. The molecule has 0 fully saturated rings. The van der Waals surface area contributed by atoms with Crippen molar-refractivity contribution in [3.05, 3.63) is 82.6 Å². The smallest absolute Gasteiger partial charge is 0.319 e. The molecule has 0 aliphatic carbocycles. The number of nitrogens with zero attached hydrogens (tertiary/aromatic N) is 2. The number of likely N-dealkylation sites (N-methyl/N-ethyl adjacent to an activating group) is 1. The van der Waals surface area contributed by atoms with Crippen molar-refractivity contribution in [2.24, 2.45) is 0 Å². The molecule has 0 aliphatic rings. The standard InChI is InChI=1S/C23H28N4O3S2/c1-26(2)21(22-10-7-15-31-22)16-24-23(28)25-19-11-13-20(14-12-19)32(29,30)27(3)17-18-8-5-4-6-9-18/h4-15,21H,16-17H2,1-3H3,(H2,24,25,28). The van der Waals surface area contributed by atoms with Gasteiger partial charge in [-0.3, -0.25) is 0 Å². The number of sulfonamides is 1. The Morgan fingerprint density at radius 3 is 2.25 bits per heavy atom. The monoisotopic (exact) mass is 472 g/mol. The molecular weight excluding hydrogens is 444 g/mol. The summed E-state index contributed by atoms with van der Waals surface area (Å²) in [6.07, 6.45) is 0. The summed E-state index contributed by atoms with van der Waals surface area (Å²) in [5.74, 6) is 0. The van der Waals surface area contributed by atoms with Gasteiger partial charge in [0.25, 0.3) is 0 Å². The normalized spacial score (nSPS) is 12.7. The molecule has 0 spiro atoms. The largest absolute Gasteiger partial charge is 0.336 e. The molecule has 2 aromatic carbocycles. The van der Waals surface area contributed by atoms with Gasteiger partial charge in [0.2, 0.25) is 10.0 Å². The lowest BCUT2D eigenvalue weighted by Crippen LogP contribution is -2.36. The zero-order chi connectivity index (χ0) is 23.1. The maximum Gasteiger partial charge on any atom is 0.319 e. The third kappa shape index (κ3) is 6.17. The molecule has 0 radical (unpaired) electrons. The zero-order valence-corrected chi connectivity index (χ0v) is 20.0. The Balaban J connectivity index is 1.58. The molecule has 0 aliphatic heterocycles. The number of hydrogen-bond donors (Lipinski definition) is 2. The first-order valence-corrected chi connectivity index (χ1v) is 12.4. The molecule has 1 unspecified atom stereocenters. The minimum atomic E-state index is -3.64. The van der Waals surface area contributed by atoms with Gasteiger partial charge < -0.3 is 15.5 Å². The molecule has 0 saturated carbocycles. The maximum atomic E-state index is 12.8. The van der Waals surface area contributed by atoms with Crippen molar-refractivity contribution in [1.82, 2.24) is 14.5 Å². The van der Waals surface area contributed by atoms with Crippen LogP contribution >= 0.6 is 11.3 Å². The predicted octanol–water partition coefficient (Wildman–Crippen LogP) is 3.99. The zero-order valence-electron chi connectivity index (χ0n) is 18.4. The molecule has 2 amide bonds. The molecule has 2 N–H and O–H groups in total. The van der Waals surface area contributed by atoms with E-state index in [1.165, 1.54) is 21.3 Å². The van der Waals surface area contributed by atoms with Crippen LogP contribution in [-0.4, -0.2) is 51.3 Å². The van der Waals surface area contributed by atoms with Crippen LogP contribution in [0.4, 0.5) is 10.5 Å². The van der Waals surface area contributed by atoms with E-state index in [4.69, 9.17) is 0 Å². The second kappa shape index (κ2) is 10.7. The fourth-order valence-corrected chi connectivity index (χ4v) is 5.28. The molecule has 7 nitrogen and oxygen atoms in total. The van der Waals surface area contributed by atoms with E-state index >= 15 is 0 Å². The van der Waals surface area contributed by atoms with Crippen molar-refractivity contribution >= 4 is 33.1 Å². The van der Waals surface area contributed by atoms with Crippen LogP contribution in [0, 0.1) is 0 Å². The van der Waals surface area contributed by atoms with Crippen molar-refractivity contribution in [3.63, 3.8) is 0 Å². The molecule has 3 rings (SSSR count). The van der Waals surface area contributed by atoms with Crippen LogP contribution in [0.2, 0.25) is 0 Å². The molecule has 32 heavy (non-hydrogen) atoms. The van der Waals surface area contributed by atoms with Crippen LogP contribution < -0.4 is 10.6 Å². The van der Waals surface area contributed by atoms with Gasteiger partial charge in [-0.1, -0.05) is 36.4 Å². The molecular formula is C23H28N4O3S2. The summed E-state index contributed by atoms with van der Waals surface area (Å²) in [7, 11) is 1.85. The first kappa shape index (κ1) is 23.9. The average Bonchev–Trinajstić information content (AvgIpc) is 3.29. The second-order valence-corrected chi connectivity index (χ2v) is 10.6. The summed E-state index contributed by atoms with van der Waals surface area (Å²) >= 11 is 1.65. The third-order valence-corrected chi connectivity index (χ3v) is 7.81. The topological polar surface area (TPSA) is 81.8 Å². The number of hydrogen-bond acceptors (Lipinski definition) is 5. The van der Waals surface area contributed by atoms with Gasteiger partial charge in [-0.15, -0.1) is 11.3 Å². The van der Waals surface area contributed by atoms with Gasteiger partial charge in [-0.05, 0) is 55.4 Å². The molecule has 3 aromatic rings. The first-order valence-electron chi connectivity index (χ1n) is 10.1. The van der Waals surface area contributed by atoms with E-state index in [2.05, 4.69) is 15.5 Å². The maximum absolute atomic E-state index is 12.8. The van der Waals surface area contributed by atoms with E-state index in [0.717, 1.165) is 5.56 Å². The molecule has 1 heterocycles. The Bertz CT molecular complexity index is 1100. The number of benzene rings is 2. The SMILES string of the molecule is CN(C)C(CNC(=O)Nc1ccc(S(=O)(=O)N(C)Cc2ccccc2)cc1)c1cccs1. The van der Waals surface area contributed by atoms with Crippen LogP contribution in [0.15, 0.2) is 77.0 Å². The summed E-state index contributed by atoms with van der Waals surface area (Å²) in [6.45, 7) is 0.735. The summed E-state index contributed by atoms with van der Waals surface area (Å²) < 4.78 is 27.0. The number of rotatable bonds is 9. The van der Waals surface area contributed by atoms with Gasteiger partial charge in [0, 0.05) is 30.7 Å². The molecule has 0 bridgehead atoms. The van der Waals surface area contributed by atoms with Gasteiger partial charge in [0.15, 0.2) is 0 Å². The highest BCUT2D eigenvalue weighted by Gasteiger charge is 2.21. The predicted molar refractivity (Wildman–Crippen MR) is 129 cm³/mol. The van der Waals surface area contributed by atoms with Crippen molar-refractivity contribution < 1.29 is 13.2 Å². The Labute approximate surface area is 193 Å². The molecule has 0 saturated heterocycles. The van der Waals surface area contributed by atoms with Crippen molar-refractivity contribution in [1.29, 1.82) is 0 Å². The van der Waals surface area contributed by atoms with Gasteiger partial charge in [0.05, 0.1) is 10.9 Å². The first-order chi connectivity index (χ1) is 15.3. The van der Waals surface area contributed by atoms with E-state index < -0.39 is 10.0 Å². The highest BCUT2D eigenvalue weighted by molar-refractivity contribution is 7.89. The van der Waals surface area contributed by atoms with E-state index in [-0.39, 0.29) is 23.5 Å². The lowest BCUT2D eigenvalue weighted by Gasteiger charge is -2.23. The molecule has 1 atom stereocenters. The summed E-state index contributed by atoms with van der Waals surface area (Å²) in [5.41, 5.74) is 1.43. The minimum Gasteiger partial charge on any atom is -0.336 e. The lowest BCUT2D eigenvalue weighted by molar-refractivity contribution is 0.244. The fourth-order valence-electron chi connectivity index (χ4n) is 3.20. The third-order valence-electron chi connectivity index (χ3n) is 5.02. The number of carbonyl (C=O) groups excluding carboxylic acids is 1. The number of amides is 2. The number of anilines is 1. The van der Waals surface area contributed by atoms with Gasteiger partial charge in [-0.25, -0.2) is 13.2 Å². The number of carbonyl (C=O) groups is 1. The van der Waals surface area contributed by atoms with Crippen molar-refractivity contribution in [2.45, 2.75) is 17.5 Å². The van der Waals surface area contributed by atoms with Crippen molar-refractivity contribution in [3.8, 4) is 0 Å². The Morgan fingerprint density at radius 1 is 0.969 bits per heavy atom. The van der Waals surface area contributed by atoms with Crippen LogP contribution in [0.3, 0.4) is 0 Å². The summed E-state index contributed by atoms with van der Waals surface area (Å²) in [5, 5.41) is 7.65. The highest BCUT2D eigenvalue weighted by atomic mass is 32.2. The number of urea groups is 1. The highest BCUT2D eigenvalue weighted by Crippen LogP contribution is 2.22. The second-order valence-electron chi connectivity index (χ2n) is 7.60. The van der Waals surface area contributed by atoms with E-state index in [1.807, 2.05) is 61.9 Å². The summed E-state index contributed by atoms with van der Waals surface area (Å²) in [6, 6.07) is 19.4. The van der Waals surface area contributed by atoms with Crippen LogP contribution in [0.5, 0.6) is 0 Å². The average molecular weight is 473 g/mol. The Morgan fingerprint density at radius 2 is 1.66 bits per heavy atom. The molecule has 9 heteroatoms. The van der Waals surface area contributed by atoms with Crippen LogP contribution in [-0.2, 0) is 16.6 Å². The quantitative estimate of drug-likeness (QED) is 0.493. The fraction of sp³-hybridized carbons (Fsp3) is 0.261. The Kier molecular flexibility index (Phi) is 8.03. The number of thiophene rings is 1. The van der Waals surface area contributed by atoms with E-state index in [1.54, 1.807) is 30.5 Å². The van der Waals surface area contributed by atoms with Gasteiger partial charge in [0.1, 0.15) is 0 Å². The van der Waals surface area contributed by atoms with Gasteiger partial charge >= 0.3 is 6.03 Å². The van der Waals surface area contributed by atoms with E-state index in [9.17, 15) is 13.2 Å². The lowest BCUT2D eigenvalue weighted by atomic mass is 10.2. The minimum absolute atomic E-state index is 0.0772. The molecule has 170 valence electrons. The molecule has 1 aromatic heterocycles. The number of nitrogens with one attached hydrogen (secondary N) is 2. The van der Waals surface area contributed by atoms with Crippen molar-refractivity contribution in [2.75, 3.05) is 33.0 Å². The van der Waals surface area contributed by atoms with Crippen LogP contribution in [0.1, 0.15) is 16.5 Å². The van der Waals surface area contributed by atoms with E-state index in [0.29, 0.717) is 12.2 Å². The van der Waals surface area contributed by atoms with Gasteiger partial charge in [-0.2, -0.15) is 4.31 Å². The summed E-state index contributed by atoms with van der Waals surface area (Å²) in [4.78, 5) is 15.7. The van der Waals surface area contributed by atoms with Crippen LogP contribution in [0.25, 0.3) is 0 Å².